The zero-order valence-corrected chi connectivity index (χ0v) is 21.2. The fourth-order valence-electron chi connectivity index (χ4n) is 5.85. The normalized spacial score (nSPS) is 26.6. The molecule has 36 heavy (non-hydrogen) atoms. The smallest absolute Gasteiger partial charge is 0.338 e. The number of piperazine rings is 1. The number of aromatic nitrogens is 4. The number of benzene rings is 1. The minimum atomic E-state index is -0.176. The Morgan fingerprint density at radius 1 is 1.08 bits per heavy atom. The molecule has 0 spiro atoms. The molecule has 1 aliphatic carbocycles. The number of carbonyl (C=O) groups is 2. The zero-order chi connectivity index (χ0) is 25.2. The van der Waals surface area contributed by atoms with Gasteiger partial charge in [-0.15, -0.1) is 5.10 Å². The fraction of sp³-hybridized carbons (Fsp3) is 0.519. The minimum absolute atomic E-state index is 0.0281. The highest BCUT2D eigenvalue weighted by atomic mass is 16.5. The summed E-state index contributed by atoms with van der Waals surface area (Å²) < 4.78 is 6.96. The lowest BCUT2D eigenvalue weighted by Gasteiger charge is -2.45. The molecule has 5 rings (SSSR count). The fourth-order valence-corrected chi connectivity index (χ4v) is 5.85. The number of ether oxygens (including phenoxy) is 1. The van der Waals surface area contributed by atoms with Crippen LogP contribution in [0.3, 0.4) is 0 Å². The van der Waals surface area contributed by atoms with Gasteiger partial charge in [0.1, 0.15) is 12.4 Å². The van der Waals surface area contributed by atoms with Crippen LogP contribution in [-0.4, -0.2) is 79.7 Å². The van der Waals surface area contributed by atoms with Crippen molar-refractivity contribution in [3.05, 3.63) is 59.5 Å². The van der Waals surface area contributed by atoms with Gasteiger partial charge in [-0.3, -0.25) is 9.69 Å². The van der Waals surface area contributed by atoms with Gasteiger partial charge >= 0.3 is 5.97 Å². The van der Waals surface area contributed by atoms with E-state index in [0.717, 1.165) is 55.7 Å². The summed E-state index contributed by atoms with van der Waals surface area (Å²) >= 11 is 0. The summed E-state index contributed by atoms with van der Waals surface area (Å²) in [5.74, 6) is 0.437. The summed E-state index contributed by atoms with van der Waals surface area (Å²) in [4.78, 5) is 29.9. The third-order valence-electron chi connectivity index (χ3n) is 7.49. The molecule has 1 amide bonds. The summed E-state index contributed by atoms with van der Waals surface area (Å²) in [6.45, 7) is 9.00. The lowest BCUT2D eigenvalue weighted by molar-refractivity contribution is -0.144. The summed E-state index contributed by atoms with van der Waals surface area (Å²) in [7, 11) is 0. The van der Waals surface area contributed by atoms with Crippen LogP contribution in [-0.2, 0) is 20.7 Å². The Labute approximate surface area is 211 Å². The van der Waals surface area contributed by atoms with Crippen molar-refractivity contribution in [2.75, 3.05) is 19.6 Å². The number of allylic oxidation sites excluding steroid dienone is 1. The molecule has 0 radical (unpaired) electrons. The van der Waals surface area contributed by atoms with Gasteiger partial charge in [0.05, 0.1) is 17.7 Å². The number of rotatable bonds is 6. The van der Waals surface area contributed by atoms with Crippen molar-refractivity contribution < 1.29 is 14.3 Å². The number of amides is 1. The third-order valence-corrected chi connectivity index (χ3v) is 7.49. The van der Waals surface area contributed by atoms with Gasteiger partial charge in [0, 0.05) is 31.6 Å². The molecule has 3 heterocycles. The van der Waals surface area contributed by atoms with Crippen molar-refractivity contribution in [2.45, 2.75) is 64.6 Å². The first-order chi connectivity index (χ1) is 17.4. The molecule has 1 aromatic carbocycles. The first-order valence-corrected chi connectivity index (χ1v) is 12.8. The van der Waals surface area contributed by atoms with Crippen LogP contribution in [0.4, 0.5) is 0 Å². The van der Waals surface area contributed by atoms with E-state index in [1.54, 1.807) is 11.0 Å². The van der Waals surface area contributed by atoms with Crippen molar-refractivity contribution in [3.63, 3.8) is 0 Å². The molecule has 3 aliphatic rings. The minimum Gasteiger partial charge on any atom is -0.459 e. The average molecular weight is 491 g/mol. The number of hydrogen-bond acceptors (Lipinski definition) is 7. The highest BCUT2D eigenvalue weighted by molar-refractivity contribution is 5.93. The van der Waals surface area contributed by atoms with E-state index in [1.165, 1.54) is 5.57 Å². The number of tetrazole rings is 1. The zero-order valence-electron chi connectivity index (χ0n) is 21.2. The molecule has 1 fully saturated rings. The van der Waals surface area contributed by atoms with Gasteiger partial charge in [-0.2, -0.15) is 0 Å². The van der Waals surface area contributed by atoms with Crippen LogP contribution in [0.2, 0.25) is 0 Å². The number of esters is 1. The Hall–Kier alpha value is -3.33. The maximum Gasteiger partial charge on any atom is 0.338 e. The monoisotopic (exact) mass is 490 g/mol. The van der Waals surface area contributed by atoms with E-state index in [4.69, 9.17) is 4.74 Å². The number of nitrogens with zero attached hydrogens (tertiary/aromatic N) is 6. The number of hydrogen-bond donors (Lipinski definition) is 0. The average Bonchev–Trinajstić information content (AvgIpc) is 3.37. The van der Waals surface area contributed by atoms with E-state index >= 15 is 0 Å². The first-order valence-electron chi connectivity index (χ1n) is 12.8. The Morgan fingerprint density at radius 3 is 2.53 bits per heavy atom. The molecular weight excluding hydrogens is 456 g/mol. The van der Waals surface area contributed by atoms with Crippen molar-refractivity contribution in [1.29, 1.82) is 0 Å². The highest BCUT2D eigenvalue weighted by Gasteiger charge is 2.33. The number of cyclic esters (lactones) is 1. The van der Waals surface area contributed by atoms with Crippen LogP contribution < -0.4 is 0 Å². The standard InChI is InChI=1S/C27H34N6O3/c1-18-15-31(11-10-22-6-9-25-23(13-22)12-20(3)36-27(25)35)16-19(2)33(18)26(34)14-21-4-7-24(8-5-21)32-17-28-29-30-32/h4-9,17-20,22H,10-16H2,1-3H3/t18-,19+,20?,22?. The predicted molar refractivity (Wildman–Crippen MR) is 134 cm³/mol. The predicted octanol–water partition coefficient (Wildman–Crippen LogP) is 2.72. The van der Waals surface area contributed by atoms with E-state index in [9.17, 15) is 9.59 Å². The van der Waals surface area contributed by atoms with Crippen LogP contribution in [0.1, 0.15) is 45.6 Å². The summed E-state index contributed by atoms with van der Waals surface area (Å²) in [5, 5.41) is 11.2. The van der Waals surface area contributed by atoms with Crippen LogP contribution in [0, 0.1) is 5.92 Å². The molecule has 2 aromatic rings. The van der Waals surface area contributed by atoms with Crippen LogP contribution >= 0.6 is 0 Å². The van der Waals surface area contributed by atoms with Gasteiger partial charge < -0.3 is 9.64 Å². The second-order valence-corrected chi connectivity index (χ2v) is 10.4. The molecule has 9 nitrogen and oxygen atoms in total. The number of carbonyl (C=O) groups excluding carboxylic acids is 2. The van der Waals surface area contributed by atoms with Gasteiger partial charge in [-0.05, 0) is 74.2 Å². The Morgan fingerprint density at radius 2 is 1.83 bits per heavy atom. The molecule has 9 heteroatoms. The quantitative estimate of drug-likeness (QED) is 0.575. The van der Waals surface area contributed by atoms with E-state index < -0.39 is 0 Å². The van der Waals surface area contributed by atoms with E-state index in [1.807, 2.05) is 37.3 Å². The van der Waals surface area contributed by atoms with Crippen LogP contribution in [0.25, 0.3) is 5.69 Å². The molecule has 0 saturated carbocycles. The molecular formula is C27H34N6O3. The Balaban J connectivity index is 1.12. The maximum atomic E-state index is 13.2. The molecule has 1 saturated heterocycles. The lowest BCUT2D eigenvalue weighted by atomic mass is 9.84. The van der Waals surface area contributed by atoms with E-state index in [2.05, 4.69) is 45.2 Å². The van der Waals surface area contributed by atoms with Gasteiger partial charge in [-0.1, -0.05) is 29.9 Å². The molecule has 4 atom stereocenters. The highest BCUT2D eigenvalue weighted by Crippen LogP contribution is 2.33. The summed E-state index contributed by atoms with van der Waals surface area (Å²) in [6, 6.07) is 8.11. The van der Waals surface area contributed by atoms with Gasteiger partial charge in [-0.25, -0.2) is 9.48 Å². The van der Waals surface area contributed by atoms with Crippen molar-refractivity contribution in [1.82, 2.24) is 30.0 Å². The van der Waals surface area contributed by atoms with E-state index in [0.29, 0.717) is 12.3 Å². The Kier molecular flexibility index (Phi) is 7.00. The third kappa shape index (κ3) is 5.26. The van der Waals surface area contributed by atoms with Crippen molar-refractivity contribution in [3.8, 4) is 5.69 Å². The summed E-state index contributed by atoms with van der Waals surface area (Å²) in [5.41, 5.74) is 3.86. The van der Waals surface area contributed by atoms with Gasteiger partial charge in [0.25, 0.3) is 0 Å². The van der Waals surface area contributed by atoms with E-state index in [-0.39, 0.29) is 30.1 Å². The summed E-state index contributed by atoms with van der Waals surface area (Å²) in [6.07, 6.45) is 8.89. The first kappa shape index (κ1) is 24.4. The second kappa shape index (κ2) is 10.3. The van der Waals surface area contributed by atoms with Crippen molar-refractivity contribution in [2.24, 2.45) is 5.92 Å². The topological polar surface area (TPSA) is 93.5 Å². The van der Waals surface area contributed by atoms with Gasteiger partial charge in [0.15, 0.2) is 0 Å². The molecule has 190 valence electrons. The molecule has 0 bridgehead atoms. The maximum absolute atomic E-state index is 13.2. The Bertz CT molecular complexity index is 1140. The second-order valence-electron chi connectivity index (χ2n) is 10.4. The van der Waals surface area contributed by atoms with Gasteiger partial charge in [0.2, 0.25) is 5.91 Å². The lowest BCUT2D eigenvalue weighted by Crippen LogP contribution is -2.59. The largest absolute Gasteiger partial charge is 0.459 e. The van der Waals surface area contributed by atoms with Crippen LogP contribution in [0.5, 0.6) is 0 Å². The SMILES string of the molecule is CC1CC2=C(C=CC(CCN3C[C@@H](C)N(C(=O)Cc4ccc(-n5cnnn5)cc4)[C@@H](C)C3)C2)C(=O)O1. The van der Waals surface area contributed by atoms with Crippen molar-refractivity contribution >= 4 is 11.9 Å². The molecule has 2 aliphatic heterocycles. The van der Waals surface area contributed by atoms with Crippen LogP contribution in [0.15, 0.2) is 53.9 Å². The molecule has 2 unspecified atom stereocenters. The molecule has 1 aromatic heterocycles. The molecule has 0 N–H and O–H groups in total.